The quantitative estimate of drug-likeness (QED) is 0.760. The molecular weight excluding hydrogens is 338 g/mol. The van der Waals surface area contributed by atoms with Crippen LogP contribution in [0.15, 0.2) is 22.3 Å². The minimum absolute atomic E-state index is 0.0114. The van der Waals surface area contributed by atoms with Crippen molar-refractivity contribution < 1.29 is 0 Å². The predicted molar refractivity (Wildman–Crippen MR) is 102 cm³/mol. The summed E-state index contributed by atoms with van der Waals surface area (Å²) in [6, 6.07) is 4.18. The van der Waals surface area contributed by atoms with Gasteiger partial charge in [0.05, 0.1) is 11.9 Å². The van der Waals surface area contributed by atoms with E-state index < -0.39 is 0 Å². The number of likely N-dealkylation sites (tertiary alicyclic amines) is 1. The Hall–Kier alpha value is -1.50. The molecule has 126 valence electrons. The van der Waals surface area contributed by atoms with Gasteiger partial charge in [-0.25, -0.2) is 4.98 Å². The summed E-state index contributed by atoms with van der Waals surface area (Å²) in [5, 5.41) is 2.79. The molecule has 24 heavy (non-hydrogen) atoms. The average Bonchev–Trinajstić information content (AvgIpc) is 3.16. The third kappa shape index (κ3) is 3.06. The smallest absolute Gasteiger partial charge is 0.260 e. The average molecular weight is 360 g/mol. The van der Waals surface area contributed by atoms with Crippen molar-refractivity contribution in [2.24, 2.45) is 5.92 Å². The SMILES string of the molecule is Cc1ccc(-c2csc3nc(CN4CCC(C)CC4)[nH]c(=O)c23)s1. The van der Waals surface area contributed by atoms with Crippen LogP contribution in [0.5, 0.6) is 0 Å². The number of fused-ring (bicyclic) bond motifs is 1. The van der Waals surface area contributed by atoms with Crippen molar-refractivity contribution in [2.45, 2.75) is 33.2 Å². The summed E-state index contributed by atoms with van der Waals surface area (Å²) in [6.45, 7) is 7.31. The van der Waals surface area contributed by atoms with Crippen LogP contribution < -0.4 is 5.56 Å². The second-order valence-electron chi connectivity index (χ2n) is 6.71. The lowest BCUT2D eigenvalue weighted by Gasteiger charge is -2.29. The summed E-state index contributed by atoms with van der Waals surface area (Å²) in [7, 11) is 0. The Kier molecular flexibility index (Phi) is 4.28. The summed E-state index contributed by atoms with van der Waals surface area (Å²) >= 11 is 3.29. The molecule has 0 unspecified atom stereocenters. The van der Waals surface area contributed by atoms with Gasteiger partial charge in [0.15, 0.2) is 0 Å². The first-order valence-electron chi connectivity index (χ1n) is 8.39. The summed E-state index contributed by atoms with van der Waals surface area (Å²) in [6.07, 6.45) is 2.46. The van der Waals surface area contributed by atoms with Gasteiger partial charge in [0, 0.05) is 20.7 Å². The van der Waals surface area contributed by atoms with E-state index in [-0.39, 0.29) is 5.56 Å². The first kappa shape index (κ1) is 16.0. The van der Waals surface area contributed by atoms with E-state index in [4.69, 9.17) is 4.98 Å². The molecule has 0 aliphatic carbocycles. The highest BCUT2D eigenvalue weighted by molar-refractivity contribution is 7.19. The number of hydrogen-bond acceptors (Lipinski definition) is 5. The van der Waals surface area contributed by atoms with E-state index in [1.165, 1.54) is 17.7 Å². The maximum Gasteiger partial charge on any atom is 0.260 e. The normalized spacial score (nSPS) is 16.9. The summed E-state index contributed by atoms with van der Waals surface area (Å²) in [4.78, 5) is 26.0. The van der Waals surface area contributed by atoms with Crippen LogP contribution in [-0.2, 0) is 6.54 Å². The minimum atomic E-state index is -0.0114. The highest BCUT2D eigenvalue weighted by atomic mass is 32.1. The Morgan fingerprint density at radius 2 is 2.12 bits per heavy atom. The molecule has 0 radical (unpaired) electrons. The number of H-pyrrole nitrogens is 1. The van der Waals surface area contributed by atoms with E-state index in [9.17, 15) is 4.79 Å². The summed E-state index contributed by atoms with van der Waals surface area (Å²) in [5.41, 5.74) is 1.00. The van der Waals surface area contributed by atoms with Crippen molar-refractivity contribution in [3.8, 4) is 10.4 Å². The largest absolute Gasteiger partial charge is 0.309 e. The molecular formula is C18H21N3OS2. The summed E-state index contributed by atoms with van der Waals surface area (Å²) < 4.78 is 0. The van der Waals surface area contributed by atoms with Gasteiger partial charge in [-0.2, -0.15) is 0 Å². The van der Waals surface area contributed by atoms with Gasteiger partial charge in [-0.1, -0.05) is 6.92 Å². The topological polar surface area (TPSA) is 49.0 Å². The lowest BCUT2D eigenvalue weighted by molar-refractivity contribution is 0.181. The van der Waals surface area contributed by atoms with Crippen molar-refractivity contribution in [3.63, 3.8) is 0 Å². The second-order valence-corrected chi connectivity index (χ2v) is 8.86. The van der Waals surface area contributed by atoms with Crippen LogP contribution in [0.25, 0.3) is 20.7 Å². The van der Waals surface area contributed by atoms with Gasteiger partial charge in [0.25, 0.3) is 5.56 Å². The Morgan fingerprint density at radius 1 is 1.33 bits per heavy atom. The van der Waals surface area contributed by atoms with E-state index >= 15 is 0 Å². The second kappa shape index (κ2) is 6.43. The van der Waals surface area contributed by atoms with Crippen LogP contribution in [0.2, 0.25) is 0 Å². The molecule has 3 aromatic heterocycles. The van der Waals surface area contributed by atoms with Crippen molar-refractivity contribution in [1.29, 1.82) is 0 Å². The zero-order chi connectivity index (χ0) is 16.7. The maximum absolute atomic E-state index is 12.7. The Morgan fingerprint density at radius 3 is 2.83 bits per heavy atom. The number of thiophene rings is 2. The lowest BCUT2D eigenvalue weighted by Crippen LogP contribution is -2.33. The van der Waals surface area contributed by atoms with Crippen molar-refractivity contribution >= 4 is 32.9 Å². The molecule has 0 spiro atoms. The van der Waals surface area contributed by atoms with Gasteiger partial charge >= 0.3 is 0 Å². The Bertz CT molecular complexity index is 916. The van der Waals surface area contributed by atoms with E-state index in [0.29, 0.717) is 0 Å². The van der Waals surface area contributed by atoms with Crippen LogP contribution in [0.1, 0.15) is 30.5 Å². The molecule has 1 aliphatic rings. The van der Waals surface area contributed by atoms with Crippen LogP contribution in [-0.4, -0.2) is 28.0 Å². The number of aromatic amines is 1. The van der Waals surface area contributed by atoms with Gasteiger partial charge in [0.1, 0.15) is 10.7 Å². The molecule has 6 heteroatoms. The third-order valence-electron chi connectivity index (χ3n) is 4.75. The van der Waals surface area contributed by atoms with Gasteiger partial charge in [0.2, 0.25) is 0 Å². The van der Waals surface area contributed by atoms with Gasteiger partial charge < -0.3 is 4.98 Å². The highest BCUT2D eigenvalue weighted by Gasteiger charge is 2.18. The van der Waals surface area contributed by atoms with Gasteiger partial charge in [-0.3, -0.25) is 9.69 Å². The molecule has 4 heterocycles. The van der Waals surface area contributed by atoms with E-state index in [2.05, 4.69) is 41.2 Å². The monoisotopic (exact) mass is 359 g/mol. The van der Waals surface area contributed by atoms with E-state index in [0.717, 1.165) is 52.0 Å². The van der Waals surface area contributed by atoms with Crippen LogP contribution in [0, 0.1) is 12.8 Å². The standard InChI is InChI=1S/C18H21N3OS2/c1-11-5-7-21(8-6-11)9-15-19-17(22)16-13(10-23-18(16)20-15)14-4-3-12(2)24-14/h3-4,10-11H,5-9H2,1-2H3,(H,19,20,22). The number of aromatic nitrogens is 2. The fourth-order valence-electron chi connectivity index (χ4n) is 3.26. The maximum atomic E-state index is 12.7. The first-order chi connectivity index (χ1) is 11.6. The van der Waals surface area contributed by atoms with E-state index in [1.54, 1.807) is 22.7 Å². The van der Waals surface area contributed by atoms with E-state index in [1.807, 2.05) is 0 Å². The molecule has 1 saturated heterocycles. The number of nitrogens with one attached hydrogen (secondary N) is 1. The number of piperidine rings is 1. The third-order valence-corrected chi connectivity index (χ3v) is 6.65. The Balaban J connectivity index is 1.65. The fourth-order valence-corrected chi connectivity index (χ4v) is 5.18. The van der Waals surface area contributed by atoms with Gasteiger partial charge in [-0.15, -0.1) is 22.7 Å². The zero-order valence-corrected chi connectivity index (χ0v) is 15.6. The number of hydrogen-bond donors (Lipinski definition) is 1. The van der Waals surface area contributed by atoms with Crippen molar-refractivity contribution in [3.05, 3.63) is 38.6 Å². The number of aryl methyl sites for hydroxylation is 1. The zero-order valence-electron chi connectivity index (χ0n) is 14.0. The minimum Gasteiger partial charge on any atom is -0.309 e. The number of rotatable bonds is 3. The lowest BCUT2D eigenvalue weighted by atomic mass is 9.99. The van der Waals surface area contributed by atoms with Crippen LogP contribution in [0.3, 0.4) is 0 Å². The molecule has 4 rings (SSSR count). The van der Waals surface area contributed by atoms with Crippen LogP contribution in [0.4, 0.5) is 0 Å². The van der Waals surface area contributed by atoms with Crippen molar-refractivity contribution in [1.82, 2.24) is 14.9 Å². The molecule has 1 aliphatic heterocycles. The van der Waals surface area contributed by atoms with Crippen LogP contribution >= 0.6 is 22.7 Å². The molecule has 0 bridgehead atoms. The molecule has 0 saturated carbocycles. The molecule has 0 aromatic carbocycles. The summed E-state index contributed by atoms with van der Waals surface area (Å²) in [5.74, 6) is 1.60. The molecule has 1 fully saturated rings. The Labute approximate surface area is 149 Å². The highest BCUT2D eigenvalue weighted by Crippen LogP contribution is 2.35. The molecule has 1 N–H and O–H groups in total. The van der Waals surface area contributed by atoms with Gasteiger partial charge in [-0.05, 0) is 50.9 Å². The molecule has 4 nitrogen and oxygen atoms in total. The predicted octanol–water partition coefficient (Wildman–Crippen LogP) is 4.25. The molecule has 3 aromatic rings. The first-order valence-corrected chi connectivity index (χ1v) is 10.1. The molecule has 0 amide bonds. The van der Waals surface area contributed by atoms with Crippen molar-refractivity contribution in [2.75, 3.05) is 13.1 Å². The molecule has 0 atom stereocenters. The number of nitrogens with zero attached hydrogens (tertiary/aromatic N) is 2. The fraction of sp³-hybridized carbons (Fsp3) is 0.444.